The van der Waals surface area contributed by atoms with Crippen molar-refractivity contribution in [2.75, 3.05) is 5.32 Å². The van der Waals surface area contributed by atoms with Gasteiger partial charge in [-0.3, -0.25) is 4.79 Å². The first-order valence-corrected chi connectivity index (χ1v) is 6.80. The van der Waals surface area contributed by atoms with Crippen LogP contribution in [0.25, 0.3) is 10.9 Å². The van der Waals surface area contributed by atoms with Crippen molar-refractivity contribution in [2.45, 2.75) is 6.92 Å². The minimum atomic E-state index is -0.316. The number of carbonyl (C=O) groups is 1. The molecule has 1 heterocycles. The molecule has 2 aromatic carbocycles. The quantitative estimate of drug-likeness (QED) is 0.624. The number of amides is 1. The number of aromatic nitrogens is 1. The Hall–Kier alpha value is -2.46. The first-order valence-electron chi connectivity index (χ1n) is 6.42. The average Bonchev–Trinajstić information content (AvgIpc) is 2.86. The number of hydrogen-bond donors (Lipinski definition) is 3. The minimum absolute atomic E-state index is 0.0353. The van der Waals surface area contributed by atoms with Gasteiger partial charge in [0, 0.05) is 15.9 Å². The van der Waals surface area contributed by atoms with Crippen molar-refractivity contribution >= 4 is 34.1 Å². The van der Waals surface area contributed by atoms with Crippen LogP contribution in [-0.2, 0) is 0 Å². The molecule has 4 nitrogen and oxygen atoms in total. The molecule has 3 N–H and O–H groups in total. The summed E-state index contributed by atoms with van der Waals surface area (Å²) in [6.45, 7) is 1.89. The highest BCUT2D eigenvalue weighted by Gasteiger charge is 2.12. The van der Waals surface area contributed by atoms with Gasteiger partial charge in [0.15, 0.2) is 0 Å². The molecule has 0 unspecified atom stereocenters. The van der Waals surface area contributed by atoms with E-state index in [4.69, 9.17) is 11.6 Å². The number of H-pyrrole nitrogens is 1. The highest BCUT2D eigenvalue weighted by molar-refractivity contribution is 6.31. The molecule has 0 saturated carbocycles. The third kappa shape index (κ3) is 2.71. The summed E-state index contributed by atoms with van der Waals surface area (Å²) in [5.74, 6) is -0.281. The fourth-order valence-corrected chi connectivity index (χ4v) is 2.35. The highest BCUT2D eigenvalue weighted by atomic mass is 35.5. The average molecular weight is 301 g/mol. The summed E-state index contributed by atoms with van der Waals surface area (Å²) in [5.41, 5.74) is 2.58. The molecule has 0 atom stereocenters. The van der Waals surface area contributed by atoms with Crippen LogP contribution < -0.4 is 5.32 Å². The molecular weight excluding hydrogens is 288 g/mol. The van der Waals surface area contributed by atoms with Crippen LogP contribution in [0.3, 0.4) is 0 Å². The van der Waals surface area contributed by atoms with Crippen molar-refractivity contribution in [3.8, 4) is 5.75 Å². The third-order valence-electron chi connectivity index (χ3n) is 3.23. The molecule has 0 bridgehead atoms. The van der Waals surface area contributed by atoms with Crippen LogP contribution in [0.15, 0.2) is 42.5 Å². The van der Waals surface area contributed by atoms with Crippen LogP contribution >= 0.6 is 11.6 Å². The van der Waals surface area contributed by atoms with Gasteiger partial charge in [0.05, 0.1) is 5.69 Å². The van der Waals surface area contributed by atoms with Crippen molar-refractivity contribution in [3.05, 3.63) is 58.7 Å². The number of carbonyl (C=O) groups excluding carboxylic acids is 1. The second-order valence-electron chi connectivity index (χ2n) is 4.89. The maximum absolute atomic E-state index is 12.2. The summed E-state index contributed by atoms with van der Waals surface area (Å²) in [7, 11) is 0. The first-order chi connectivity index (χ1) is 10.0. The molecule has 106 valence electrons. The van der Waals surface area contributed by atoms with Gasteiger partial charge in [-0.2, -0.15) is 0 Å². The number of fused-ring (bicyclic) bond motifs is 1. The van der Waals surface area contributed by atoms with E-state index in [1.807, 2.05) is 13.0 Å². The summed E-state index contributed by atoms with van der Waals surface area (Å²) in [6, 6.07) is 12.1. The SMILES string of the molecule is Cc1ccc(O)c(NC(=O)c2cc3cc(Cl)ccc3[nH]2)c1. The van der Waals surface area contributed by atoms with E-state index >= 15 is 0 Å². The Kier molecular flexibility index (Phi) is 3.31. The maximum Gasteiger partial charge on any atom is 0.272 e. The number of anilines is 1. The molecule has 0 aliphatic carbocycles. The topological polar surface area (TPSA) is 65.1 Å². The van der Waals surface area contributed by atoms with Gasteiger partial charge in [-0.25, -0.2) is 0 Å². The molecular formula is C16H13ClN2O2. The van der Waals surface area contributed by atoms with Crippen molar-refractivity contribution < 1.29 is 9.90 Å². The van der Waals surface area contributed by atoms with E-state index in [1.54, 1.807) is 36.4 Å². The zero-order valence-corrected chi connectivity index (χ0v) is 12.0. The summed E-state index contributed by atoms with van der Waals surface area (Å²) in [4.78, 5) is 15.3. The van der Waals surface area contributed by atoms with Gasteiger partial charge in [0.2, 0.25) is 0 Å². The number of nitrogens with one attached hydrogen (secondary N) is 2. The zero-order valence-electron chi connectivity index (χ0n) is 11.3. The highest BCUT2D eigenvalue weighted by Crippen LogP contribution is 2.25. The molecule has 1 amide bonds. The minimum Gasteiger partial charge on any atom is -0.506 e. The zero-order chi connectivity index (χ0) is 15.0. The lowest BCUT2D eigenvalue weighted by atomic mass is 10.2. The van der Waals surface area contributed by atoms with Gasteiger partial charge in [-0.05, 0) is 48.9 Å². The van der Waals surface area contributed by atoms with E-state index in [9.17, 15) is 9.90 Å². The Labute approximate surface area is 126 Å². The largest absolute Gasteiger partial charge is 0.506 e. The van der Waals surface area contributed by atoms with Crippen LogP contribution in [0, 0.1) is 6.92 Å². The van der Waals surface area contributed by atoms with Crippen molar-refractivity contribution in [1.29, 1.82) is 0 Å². The van der Waals surface area contributed by atoms with E-state index in [0.717, 1.165) is 16.5 Å². The Balaban J connectivity index is 1.91. The maximum atomic E-state index is 12.2. The second kappa shape index (κ2) is 5.14. The smallest absolute Gasteiger partial charge is 0.272 e. The predicted molar refractivity (Wildman–Crippen MR) is 84.1 cm³/mol. The van der Waals surface area contributed by atoms with Gasteiger partial charge in [0.1, 0.15) is 11.4 Å². The summed E-state index contributed by atoms with van der Waals surface area (Å²) in [6.07, 6.45) is 0. The number of phenolic OH excluding ortho intramolecular Hbond substituents is 1. The van der Waals surface area contributed by atoms with Gasteiger partial charge in [0.25, 0.3) is 5.91 Å². The summed E-state index contributed by atoms with van der Waals surface area (Å²) in [5, 5.41) is 13.9. The van der Waals surface area contributed by atoms with E-state index in [1.165, 1.54) is 0 Å². The van der Waals surface area contributed by atoms with Crippen LogP contribution in [0.5, 0.6) is 5.75 Å². The molecule has 0 saturated heterocycles. The molecule has 0 fully saturated rings. The fourth-order valence-electron chi connectivity index (χ4n) is 2.17. The first kappa shape index (κ1) is 13.5. The lowest BCUT2D eigenvalue weighted by molar-refractivity contribution is 0.102. The van der Waals surface area contributed by atoms with Crippen molar-refractivity contribution in [2.24, 2.45) is 0 Å². The van der Waals surface area contributed by atoms with Crippen LogP contribution in [0.1, 0.15) is 16.1 Å². The van der Waals surface area contributed by atoms with Crippen LogP contribution in [0.4, 0.5) is 5.69 Å². The molecule has 3 aromatic rings. The third-order valence-corrected chi connectivity index (χ3v) is 3.46. The Morgan fingerprint density at radius 1 is 1.19 bits per heavy atom. The fraction of sp³-hybridized carbons (Fsp3) is 0.0625. The van der Waals surface area contributed by atoms with E-state index < -0.39 is 0 Å². The summed E-state index contributed by atoms with van der Waals surface area (Å²) < 4.78 is 0. The standard InChI is InChI=1S/C16H13ClN2O2/c1-9-2-5-15(20)13(6-9)19-16(21)14-8-10-7-11(17)3-4-12(10)18-14/h2-8,18,20H,1H3,(H,19,21). The second-order valence-corrected chi connectivity index (χ2v) is 5.33. The van der Waals surface area contributed by atoms with Crippen molar-refractivity contribution in [1.82, 2.24) is 4.98 Å². The van der Waals surface area contributed by atoms with Crippen LogP contribution in [-0.4, -0.2) is 16.0 Å². The number of phenols is 1. The number of halogens is 1. The number of hydrogen-bond acceptors (Lipinski definition) is 2. The molecule has 0 aliphatic heterocycles. The number of aromatic hydroxyl groups is 1. The predicted octanol–water partition coefficient (Wildman–Crippen LogP) is 4.09. The van der Waals surface area contributed by atoms with Gasteiger partial charge < -0.3 is 15.4 Å². The molecule has 21 heavy (non-hydrogen) atoms. The number of rotatable bonds is 2. The lowest BCUT2D eigenvalue weighted by Crippen LogP contribution is -2.12. The van der Waals surface area contributed by atoms with Crippen molar-refractivity contribution in [3.63, 3.8) is 0 Å². The molecule has 3 rings (SSSR count). The number of aromatic amines is 1. The monoisotopic (exact) mass is 300 g/mol. The van der Waals surface area contributed by atoms with E-state index in [0.29, 0.717) is 16.4 Å². The number of aryl methyl sites for hydroxylation is 1. The lowest BCUT2D eigenvalue weighted by Gasteiger charge is -2.07. The number of benzene rings is 2. The van der Waals surface area contributed by atoms with E-state index in [2.05, 4.69) is 10.3 Å². The van der Waals surface area contributed by atoms with E-state index in [-0.39, 0.29) is 11.7 Å². The molecule has 5 heteroatoms. The Morgan fingerprint density at radius 3 is 2.81 bits per heavy atom. The molecule has 0 aliphatic rings. The Morgan fingerprint density at radius 2 is 2.00 bits per heavy atom. The van der Waals surface area contributed by atoms with Crippen LogP contribution in [0.2, 0.25) is 5.02 Å². The normalized spacial score (nSPS) is 10.8. The molecule has 1 aromatic heterocycles. The summed E-state index contributed by atoms with van der Waals surface area (Å²) >= 11 is 5.93. The van der Waals surface area contributed by atoms with Gasteiger partial charge in [-0.15, -0.1) is 0 Å². The molecule has 0 radical (unpaired) electrons. The van der Waals surface area contributed by atoms with Gasteiger partial charge in [-0.1, -0.05) is 17.7 Å². The van der Waals surface area contributed by atoms with Gasteiger partial charge >= 0.3 is 0 Å². The Bertz CT molecular complexity index is 839. The molecule has 0 spiro atoms.